The normalized spacial score (nSPS) is 23.7. The van der Waals surface area contributed by atoms with E-state index in [1.165, 1.54) is 25.3 Å². The quantitative estimate of drug-likeness (QED) is 0.182. The lowest BCUT2D eigenvalue weighted by atomic mass is 9.58. The summed E-state index contributed by atoms with van der Waals surface area (Å²) in [5.41, 5.74) is 1.47. The lowest BCUT2D eigenvalue weighted by Crippen LogP contribution is -2.56. The standard InChI is InChI=1S/C46H62FN7O5S/c1-2-43-48-20-26-52(43)33-46(36-9-6-10-37(47)27-36,41-11-7-12-42(41)49-45(56)57)35-18-24-51(25-19-35)28-34-29-53(30-34)38-14-16-39(17-15-38)60(58,59)40-31-54(32-40)44(55)13-8-23-50-21-4-3-5-22-50/h6,8-10,13-17,20,26-27,34-35,40-42,49H,2-5,7,11-12,18-19,21-25,28-33H2,1H3,(H,56,57)/b13-8+/t41-,42-,46-/m0/s1. The molecule has 8 rings (SSSR count). The van der Waals surface area contributed by atoms with Gasteiger partial charge in [0.1, 0.15) is 16.9 Å². The number of likely N-dealkylation sites (tertiary alicyclic amines) is 3. The Labute approximate surface area is 354 Å². The minimum Gasteiger partial charge on any atom is -0.465 e. The zero-order valence-electron chi connectivity index (χ0n) is 35.0. The molecule has 0 unspecified atom stereocenters. The van der Waals surface area contributed by atoms with Crippen molar-refractivity contribution in [3.05, 3.63) is 90.3 Å². The van der Waals surface area contributed by atoms with E-state index in [0.717, 1.165) is 108 Å². The van der Waals surface area contributed by atoms with Crippen LogP contribution in [0.4, 0.5) is 14.9 Å². The first kappa shape index (κ1) is 42.4. The molecule has 0 bridgehead atoms. The van der Waals surface area contributed by atoms with Crippen molar-refractivity contribution in [3.63, 3.8) is 0 Å². The van der Waals surface area contributed by atoms with E-state index in [1.54, 1.807) is 35.2 Å². The van der Waals surface area contributed by atoms with Gasteiger partial charge in [-0.2, -0.15) is 0 Å². The van der Waals surface area contributed by atoms with Gasteiger partial charge in [-0.25, -0.2) is 22.6 Å². The molecule has 1 aliphatic carbocycles. The Bertz CT molecular complexity index is 2090. The van der Waals surface area contributed by atoms with Gasteiger partial charge in [-0.3, -0.25) is 9.69 Å². The van der Waals surface area contributed by atoms with Crippen LogP contribution in [0.1, 0.15) is 69.7 Å². The van der Waals surface area contributed by atoms with Gasteiger partial charge in [0.15, 0.2) is 9.84 Å². The molecule has 3 atom stereocenters. The molecule has 3 aromatic rings. The van der Waals surface area contributed by atoms with Gasteiger partial charge in [-0.1, -0.05) is 38.0 Å². The van der Waals surface area contributed by atoms with Crippen molar-refractivity contribution in [2.24, 2.45) is 17.8 Å². The molecule has 0 radical (unpaired) electrons. The lowest BCUT2D eigenvalue weighted by molar-refractivity contribution is -0.129. The topological polar surface area (TPSA) is 131 Å². The van der Waals surface area contributed by atoms with E-state index in [-0.39, 0.29) is 42.7 Å². The molecule has 5 aliphatic rings. The van der Waals surface area contributed by atoms with Crippen LogP contribution >= 0.6 is 0 Å². The first-order valence-corrected chi connectivity index (χ1v) is 23.8. The number of rotatable bonds is 15. The maximum atomic E-state index is 15.1. The number of benzene rings is 2. The number of hydrogen-bond donors (Lipinski definition) is 2. The molecule has 2 amide bonds. The largest absolute Gasteiger partial charge is 0.465 e. The Kier molecular flexibility index (Phi) is 13.0. The van der Waals surface area contributed by atoms with Crippen LogP contribution in [0.5, 0.6) is 0 Å². The molecule has 0 spiro atoms. The van der Waals surface area contributed by atoms with Gasteiger partial charge in [-0.05, 0) is 119 Å². The van der Waals surface area contributed by atoms with Crippen molar-refractivity contribution in [1.82, 2.24) is 29.6 Å². The first-order valence-electron chi connectivity index (χ1n) is 22.3. The summed E-state index contributed by atoms with van der Waals surface area (Å²) in [6.45, 7) is 10.7. The van der Waals surface area contributed by atoms with Crippen molar-refractivity contribution in [3.8, 4) is 0 Å². The van der Waals surface area contributed by atoms with Crippen LogP contribution in [0, 0.1) is 23.6 Å². The molecule has 14 heteroatoms. The number of aromatic nitrogens is 2. The number of halogens is 1. The van der Waals surface area contributed by atoms with Gasteiger partial charge in [0.2, 0.25) is 5.91 Å². The highest BCUT2D eigenvalue weighted by molar-refractivity contribution is 7.92. The Hall–Kier alpha value is -4.27. The van der Waals surface area contributed by atoms with Gasteiger partial charge >= 0.3 is 6.09 Å². The Morgan fingerprint density at radius 1 is 0.933 bits per heavy atom. The number of anilines is 1. The predicted molar refractivity (Wildman–Crippen MR) is 230 cm³/mol. The zero-order valence-corrected chi connectivity index (χ0v) is 35.8. The van der Waals surface area contributed by atoms with Crippen LogP contribution in [-0.4, -0.2) is 127 Å². The van der Waals surface area contributed by atoms with E-state index < -0.39 is 26.6 Å². The van der Waals surface area contributed by atoms with Gasteiger partial charge in [-0.15, -0.1) is 0 Å². The highest BCUT2D eigenvalue weighted by Crippen LogP contribution is 2.52. The molecule has 60 heavy (non-hydrogen) atoms. The maximum absolute atomic E-state index is 15.1. The molecule has 2 N–H and O–H groups in total. The summed E-state index contributed by atoms with van der Waals surface area (Å²) < 4.78 is 44.2. The molecular formula is C46H62FN7O5S. The van der Waals surface area contributed by atoms with Crippen molar-refractivity contribution in [1.29, 1.82) is 0 Å². The third-order valence-electron chi connectivity index (χ3n) is 14.4. The summed E-state index contributed by atoms with van der Waals surface area (Å²) in [4.78, 5) is 38.5. The molecule has 12 nitrogen and oxygen atoms in total. The number of carbonyl (C=O) groups is 2. The van der Waals surface area contributed by atoms with Crippen LogP contribution in [0.2, 0.25) is 0 Å². The SMILES string of the molecule is CCc1nccn1C[C@@](c1cccc(F)c1)(C1CCN(CC2CN(c3ccc(S(=O)(=O)C4CN(C(=O)/C=C/CN5CCCCC5)C4)cc3)C2)CC1)[C@H]1CCC[C@@H]1NC(=O)O. The highest BCUT2D eigenvalue weighted by Gasteiger charge is 2.52. The molecule has 4 aliphatic heterocycles. The molecule has 5 heterocycles. The molecule has 1 saturated carbocycles. The van der Waals surface area contributed by atoms with Crippen LogP contribution in [0.25, 0.3) is 0 Å². The van der Waals surface area contributed by atoms with Crippen LogP contribution in [0.3, 0.4) is 0 Å². The number of nitrogens with zero attached hydrogens (tertiary/aromatic N) is 6. The number of carbonyl (C=O) groups excluding carboxylic acids is 1. The average molecular weight is 844 g/mol. The minimum atomic E-state index is -3.54. The number of hydrogen-bond acceptors (Lipinski definition) is 8. The number of carboxylic acid groups (broad SMARTS) is 1. The second kappa shape index (κ2) is 18.4. The van der Waals surface area contributed by atoms with Crippen molar-refractivity contribution < 1.29 is 27.5 Å². The Morgan fingerprint density at radius 2 is 1.68 bits per heavy atom. The van der Waals surface area contributed by atoms with E-state index >= 15 is 4.39 Å². The second-order valence-electron chi connectivity index (χ2n) is 18.0. The number of sulfone groups is 1. The van der Waals surface area contributed by atoms with Crippen LogP contribution < -0.4 is 10.2 Å². The highest BCUT2D eigenvalue weighted by atomic mass is 32.2. The number of imidazole rings is 1. The van der Waals surface area contributed by atoms with E-state index in [4.69, 9.17) is 0 Å². The minimum absolute atomic E-state index is 0.00902. The fourth-order valence-corrected chi connectivity index (χ4v) is 12.8. The third-order valence-corrected chi connectivity index (χ3v) is 16.5. The van der Waals surface area contributed by atoms with Gasteiger partial charge in [0, 0.05) is 93.8 Å². The molecule has 5 fully saturated rings. The van der Waals surface area contributed by atoms with Crippen molar-refractivity contribution in [2.45, 2.75) is 92.9 Å². The van der Waals surface area contributed by atoms with Crippen LogP contribution in [0.15, 0.2) is 78.0 Å². The van der Waals surface area contributed by atoms with Gasteiger partial charge in [0.25, 0.3) is 0 Å². The summed E-state index contributed by atoms with van der Waals surface area (Å²) >= 11 is 0. The molecular weight excluding hydrogens is 782 g/mol. The summed E-state index contributed by atoms with van der Waals surface area (Å²) in [5, 5.41) is 12.2. The zero-order chi connectivity index (χ0) is 41.9. The summed E-state index contributed by atoms with van der Waals surface area (Å²) in [6.07, 6.45) is 15.2. The van der Waals surface area contributed by atoms with Gasteiger partial charge < -0.3 is 29.7 Å². The number of amides is 2. The number of nitrogens with one attached hydrogen (secondary N) is 1. The molecule has 4 saturated heterocycles. The fourth-order valence-electron chi connectivity index (χ4n) is 11.2. The number of piperidine rings is 2. The first-order chi connectivity index (χ1) is 29.0. The summed E-state index contributed by atoms with van der Waals surface area (Å²) in [7, 11) is -3.54. The monoisotopic (exact) mass is 843 g/mol. The average Bonchev–Trinajstić information content (AvgIpc) is 3.87. The predicted octanol–water partition coefficient (Wildman–Crippen LogP) is 5.83. The molecule has 324 valence electrons. The fraction of sp³-hybridized carbons (Fsp3) is 0.587. The van der Waals surface area contributed by atoms with Crippen molar-refractivity contribution >= 4 is 27.5 Å². The third kappa shape index (κ3) is 9.02. The van der Waals surface area contributed by atoms with E-state index in [1.807, 2.05) is 30.6 Å². The van der Waals surface area contributed by atoms with Gasteiger partial charge in [0.05, 0.1) is 4.90 Å². The maximum Gasteiger partial charge on any atom is 0.404 e. The van der Waals surface area contributed by atoms with E-state index in [2.05, 4.69) is 42.6 Å². The van der Waals surface area contributed by atoms with E-state index in [0.29, 0.717) is 17.4 Å². The van der Waals surface area contributed by atoms with Crippen molar-refractivity contribution in [2.75, 3.05) is 70.3 Å². The summed E-state index contributed by atoms with van der Waals surface area (Å²) in [6, 6.07) is 14.1. The second-order valence-corrected chi connectivity index (χ2v) is 20.2. The number of aryl methyl sites for hydroxylation is 1. The Morgan fingerprint density at radius 3 is 2.38 bits per heavy atom. The lowest BCUT2D eigenvalue weighted by Gasteiger charge is -2.51. The summed E-state index contributed by atoms with van der Waals surface area (Å²) in [5.74, 6) is 1.30. The Balaban J connectivity index is 0.864. The molecule has 1 aromatic heterocycles. The smallest absolute Gasteiger partial charge is 0.404 e. The van der Waals surface area contributed by atoms with E-state index in [9.17, 15) is 23.1 Å². The molecule has 2 aromatic carbocycles. The van der Waals surface area contributed by atoms with Crippen LogP contribution in [-0.2, 0) is 33.0 Å².